The first-order valence-corrected chi connectivity index (χ1v) is 9.50. The highest BCUT2D eigenvalue weighted by Crippen LogP contribution is 2.23. The summed E-state index contributed by atoms with van der Waals surface area (Å²) >= 11 is 0. The van der Waals surface area contributed by atoms with Crippen LogP contribution in [0.2, 0.25) is 0 Å². The number of H-pyrrole nitrogens is 1. The van der Waals surface area contributed by atoms with E-state index in [4.69, 9.17) is 0 Å². The zero-order chi connectivity index (χ0) is 20.1. The van der Waals surface area contributed by atoms with Gasteiger partial charge in [-0.2, -0.15) is 15.3 Å². The molecule has 0 spiro atoms. The maximum atomic E-state index is 4.56. The van der Waals surface area contributed by atoms with E-state index < -0.39 is 0 Å². The third-order valence-corrected chi connectivity index (χ3v) is 5.26. The molecule has 0 saturated heterocycles. The van der Waals surface area contributed by atoms with Crippen LogP contribution in [-0.2, 0) is 13.6 Å². The Bertz CT molecular complexity index is 1480. The molecule has 0 aliphatic heterocycles. The Labute approximate surface area is 170 Å². The number of aromatic nitrogens is 9. The summed E-state index contributed by atoms with van der Waals surface area (Å²) in [4.78, 5) is 9.10. The van der Waals surface area contributed by atoms with Crippen LogP contribution in [0.3, 0.4) is 0 Å². The molecule has 0 atom stereocenters. The lowest BCUT2D eigenvalue weighted by Gasteiger charge is -2.06. The third kappa shape index (κ3) is 2.67. The molecule has 6 heterocycles. The minimum Gasteiger partial charge on any atom is -0.302 e. The smallest absolute Gasteiger partial charge is 0.136 e. The molecule has 0 unspecified atom stereocenters. The highest BCUT2D eigenvalue weighted by molar-refractivity contribution is 5.80. The maximum absolute atomic E-state index is 4.56. The zero-order valence-corrected chi connectivity index (χ0v) is 16.1. The van der Waals surface area contributed by atoms with E-state index in [2.05, 4.69) is 53.1 Å². The quantitative estimate of drug-likeness (QED) is 0.495. The number of pyridine rings is 2. The van der Waals surface area contributed by atoms with Gasteiger partial charge in [-0.25, -0.2) is 4.98 Å². The Morgan fingerprint density at radius 3 is 2.67 bits per heavy atom. The van der Waals surface area contributed by atoms with Crippen LogP contribution in [0.1, 0.15) is 5.69 Å². The van der Waals surface area contributed by atoms with Crippen LogP contribution >= 0.6 is 0 Å². The van der Waals surface area contributed by atoms with E-state index in [1.54, 1.807) is 17.1 Å². The van der Waals surface area contributed by atoms with E-state index in [-0.39, 0.29) is 0 Å². The molecule has 9 nitrogen and oxygen atoms in total. The number of imidazole rings is 1. The van der Waals surface area contributed by atoms with Gasteiger partial charge in [0.2, 0.25) is 0 Å². The Morgan fingerprint density at radius 1 is 0.867 bits per heavy atom. The van der Waals surface area contributed by atoms with Gasteiger partial charge in [-0.15, -0.1) is 0 Å². The van der Waals surface area contributed by atoms with Crippen molar-refractivity contribution in [2.75, 3.05) is 0 Å². The van der Waals surface area contributed by atoms with Gasteiger partial charge in [0.1, 0.15) is 11.2 Å². The molecule has 0 radical (unpaired) electrons. The Morgan fingerprint density at radius 2 is 1.83 bits per heavy atom. The lowest BCUT2D eigenvalue weighted by Crippen LogP contribution is -2.04. The van der Waals surface area contributed by atoms with Crippen LogP contribution in [0, 0.1) is 0 Å². The van der Waals surface area contributed by atoms with E-state index in [9.17, 15) is 0 Å². The van der Waals surface area contributed by atoms with E-state index in [1.807, 2.05) is 48.8 Å². The van der Waals surface area contributed by atoms with Crippen LogP contribution in [0.15, 0.2) is 67.8 Å². The fourth-order valence-corrected chi connectivity index (χ4v) is 3.69. The summed E-state index contributed by atoms with van der Waals surface area (Å²) in [6, 6.07) is 6.17. The van der Waals surface area contributed by atoms with Gasteiger partial charge in [-0.3, -0.25) is 19.4 Å². The first kappa shape index (κ1) is 16.7. The second-order valence-corrected chi connectivity index (χ2v) is 7.22. The topological polar surface area (TPSA) is 94.5 Å². The number of hydrogen-bond acceptors (Lipinski definition) is 5. The molecule has 146 valence electrons. The summed E-state index contributed by atoms with van der Waals surface area (Å²) in [6.45, 7) is 0.581. The molecule has 6 aromatic rings. The van der Waals surface area contributed by atoms with Gasteiger partial charge < -0.3 is 4.40 Å². The van der Waals surface area contributed by atoms with Crippen molar-refractivity contribution in [3.63, 3.8) is 0 Å². The SMILES string of the molecule is Cn1cc(-c2ccc3ncc(Cn4ncc5ncc(-c6cn[nH]c6)cc54)n3c2)cn1. The number of nitrogens with zero attached hydrogens (tertiary/aromatic N) is 8. The Kier molecular flexibility index (Phi) is 3.54. The van der Waals surface area contributed by atoms with Crippen molar-refractivity contribution in [1.82, 2.24) is 44.1 Å². The van der Waals surface area contributed by atoms with E-state index >= 15 is 0 Å². The standard InChI is InChI=1S/C21H17N9/c1-28-11-17(8-26-28)14-2-3-21-23-9-18(29(21)12-14)13-30-20-4-15(16-6-24-25-7-16)5-22-19(20)10-27-30/h2-12H,13H2,1H3,(H,24,25). The summed E-state index contributed by atoms with van der Waals surface area (Å²) < 4.78 is 5.85. The average Bonchev–Trinajstić information content (AvgIpc) is 3.56. The minimum absolute atomic E-state index is 0.581. The number of fused-ring (bicyclic) bond motifs is 2. The van der Waals surface area contributed by atoms with Gasteiger partial charge in [0.05, 0.1) is 42.5 Å². The highest BCUT2D eigenvalue weighted by atomic mass is 15.3. The predicted octanol–water partition coefficient (Wildman–Crippen LogP) is 2.92. The van der Waals surface area contributed by atoms with Crippen molar-refractivity contribution in [3.8, 4) is 22.3 Å². The molecule has 0 fully saturated rings. The molecule has 6 aromatic heterocycles. The van der Waals surface area contributed by atoms with Crippen molar-refractivity contribution in [2.45, 2.75) is 6.54 Å². The monoisotopic (exact) mass is 395 g/mol. The van der Waals surface area contributed by atoms with Gasteiger partial charge in [0.15, 0.2) is 0 Å². The average molecular weight is 395 g/mol. The van der Waals surface area contributed by atoms with Gasteiger partial charge in [-0.05, 0) is 18.2 Å². The Hall–Kier alpha value is -4.27. The molecule has 0 saturated carbocycles. The molecule has 0 aromatic carbocycles. The van der Waals surface area contributed by atoms with Gasteiger partial charge in [0, 0.05) is 54.1 Å². The first-order valence-electron chi connectivity index (χ1n) is 9.50. The highest BCUT2D eigenvalue weighted by Gasteiger charge is 2.11. The lowest BCUT2D eigenvalue weighted by atomic mass is 10.1. The maximum Gasteiger partial charge on any atom is 0.136 e. The fraction of sp³-hybridized carbons (Fsp3) is 0.0952. The molecule has 9 heteroatoms. The number of nitrogens with one attached hydrogen (secondary N) is 1. The normalized spacial score (nSPS) is 11.6. The lowest BCUT2D eigenvalue weighted by molar-refractivity contribution is 0.692. The summed E-state index contributed by atoms with van der Waals surface area (Å²) in [5, 5.41) is 15.7. The van der Waals surface area contributed by atoms with Crippen LogP contribution < -0.4 is 0 Å². The van der Waals surface area contributed by atoms with E-state index in [0.717, 1.165) is 44.6 Å². The van der Waals surface area contributed by atoms with Crippen LogP contribution in [0.25, 0.3) is 38.9 Å². The predicted molar refractivity (Wildman–Crippen MR) is 112 cm³/mol. The molecule has 0 aliphatic carbocycles. The van der Waals surface area contributed by atoms with Gasteiger partial charge >= 0.3 is 0 Å². The first-order chi connectivity index (χ1) is 14.7. The van der Waals surface area contributed by atoms with Crippen molar-refractivity contribution in [2.24, 2.45) is 7.05 Å². The Balaban J connectivity index is 1.41. The summed E-state index contributed by atoms with van der Waals surface area (Å²) in [5.41, 5.74) is 7.89. The molecular formula is C21H17N9. The summed E-state index contributed by atoms with van der Waals surface area (Å²) in [6.07, 6.45) is 15.1. The van der Waals surface area contributed by atoms with Crippen LogP contribution in [-0.4, -0.2) is 44.1 Å². The van der Waals surface area contributed by atoms with Crippen molar-refractivity contribution in [3.05, 3.63) is 73.5 Å². The molecule has 0 aliphatic rings. The molecule has 1 N–H and O–H groups in total. The molecule has 6 rings (SSSR count). The molecule has 0 bridgehead atoms. The largest absolute Gasteiger partial charge is 0.302 e. The summed E-state index contributed by atoms with van der Waals surface area (Å²) in [7, 11) is 1.92. The number of rotatable bonds is 4. The van der Waals surface area contributed by atoms with Crippen molar-refractivity contribution < 1.29 is 0 Å². The van der Waals surface area contributed by atoms with Crippen LogP contribution in [0.5, 0.6) is 0 Å². The second-order valence-electron chi connectivity index (χ2n) is 7.22. The third-order valence-electron chi connectivity index (χ3n) is 5.26. The number of hydrogen-bond donors (Lipinski definition) is 1. The summed E-state index contributed by atoms with van der Waals surface area (Å²) in [5.74, 6) is 0. The number of aromatic amines is 1. The number of aryl methyl sites for hydroxylation is 1. The molecule has 0 amide bonds. The van der Waals surface area contributed by atoms with Crippen molar-refractivity contribution in [1.29, 1.82) is 0 Å². The zero-order valence-electron chi connectivity index (χ0n) is 16.1. The molecule has 30 heavy (non-hydrogen) atoms. The van der Waals surface area contributed by atoms with E-state index in [0.29, 0.717) is 6.54 Å². The van der Waals surface area contributed by atoms with Crippen molar-refractivity contribution >= 4 is 16.7 Å². The van der Waals surface area contributed by atoms with Gasteiger partial charge in [-0.1, -0.05) is 0 Å². The van der Waals surface area contributed by atoms with Gasteiger partial charge in [0.25, 0.3) is 0 Å². The second kappa shape index (κ2) is 6.38. The van der Waals surface area contributed by atoms with Crippen LogP contribution in [0.4, 0.5) is 0 Å². The minimum atomic E-state index is 0.581. The van der Waals surface area contributed by atoms with E-state index in [1.165, 1.54) is 0 Å². The fourth-order valence-electron chi connectivity index (χ4n) is 3.69. The molecular weight excluding hydrogens is 378 g/mol.